The van der Waals surface area contributed by atoms with E-state index < -0.39 is 0 Å². The molecule has 0 heterocycles. The fourth-order valence-electron chi connectivity index (χ4n) is 3.42. The van der Waals surface area contributed by atoms with Gasteiger partial charge in [-0.25, -0.2) is 0 Å². The van der Waals surface area contributed by atoms with Crippen molar-refractivity contribution in [2.45, 2.75) is 45.7 Å². The molecule has 1 aliphatic rings. The molecule has 6 nitrogen and oxygen atoms in total. The van der Waals surface area contributed by atoms with Crippen LogP contribution in [0, 0.1) is 22.0 Å². The van der Waals surface area contributed by atoms with Crippen LogP contribution in [-0.2, 0) is 6.54 Å². The molecule has 6 heteroatoms. The minimum absolute atomic E-state index is 0.113. The van der Waals surface area contributed by atoms with Gasteiger partial charge < -0.3 is 10.6 Å². The molecule has 23 heavy (non-hydrogen) atoms. The molecule has 2 rings (SSSR count). The zero-order chi connectivity index (χ0) is 16.8. The Morgan fingerprint density at radius 1 is 1.30 bits per heavy atom. The molecule has 2 atom stereocenters. The molecule has 0 spiro atoms. The third-order valence-electron chi connectivity index (χ3n) is 4.32. The van der Waals surface area contributed by atoms with E-state index in [9.17, 15) is 10.1 Å². The Labute approximate surface area is 137 Å². The quantitative estimate of drug-likeness (QED) is 0.387. The summed E-state index contributed by atoms with van der Waals surface area (Å²) in [5, 5.41) is 17.5. The highest BCUT2D eigenvalue weighted by Gasteiger charge is 2.24. The molecule has 0 saturated heterocycles. The van der Waals surface area contributed by atoms with Gasteiger partial charge in [0, 0.05) is 31.8 Å². The molecule has 1 saturated carbocycles. The van der Waals surface area contributed by atoms with Crippen molar-refractivity contribution >= 4 is 11.6 Å². The Kier molecular flexibility index (Phi) is 5.96. The monoisotopic (exact) mass is 318 g/mol. The summed E-state index contributed by atoms with van der Waals surface area (Å²) in [6.45, 7) is 5.10. The summed E-state index contributed by atoms with van der Waals surface area (Å²) in [6, 6.07) is 7.10. The molecule has 126 valence electrons. The summed E-state index contributed by atoms with van der Waals surface area (Å²) in [6.07, 6.45) is 3.60. The Morgan fingerprint density at radius 3 is 2.61 bits per heavy atom. The van der Waals surface area contributed by atoms with Crippen LogP contribution < -0.4 is 10.6 Å². The summed E-state index contributed by atoms with van der Waals surface area (Å²) in [7, 11) is 1.75. The van der Waals surface area contributed by atoms with Crippen LogP contribution in [0.3, 0.4) is 0 Å². The van der Waals surface area contributed by atoms with Crippen LogP contribution in [0.25, 0.3) is 0 Å². The maximum Gasteiger partial charge on any atom is 0.269 e. The summed E-state index contributed by atoms with van der Waals surface area (Å²) >= 11 is 0. The SMILES string of the molecule is CN=C(NCc1cccc([N+](=O)[O-])c1)NC1CC(C)CC(C)C1. The van der Waals surface area contributed by atoms with Crippen molar-refractivity contribution in [1.82, 2.24) is 10.6 Å². The van der Waals surface area contributed by atoms with E-state index in [0.29, 0.717) is 12.6 Å². The summed E-state index contributed by atoms with van der Waals surface area (Å²) in [5.74, 6) is 2.21. The molecular weight excluding hydrogens is 292 g/mol. The van der Waals surface area contributed by atoms with Crippen molar-refractivity contribution in [2.75, 3.05) is 7.05 Å². The van der Waals surface area contributed by atoms with Crippen molar-refractivity contribution in [3.05, 3.63) is 39.9 Å². The summed E-state index contributed by atoms with van der Waals surface area (Å²) in [5.41, 5.74) is 0.981. The van der Waals surface area contributed by atoms with Crippen LogP contribution in [0.15, 0.2) is 29.3 Å². The molecule has 1 aromatic rings. The van der Waals surface area contributed by atoms with E-state index in [2.05, 4.69) is 29.5 Å². The second kappa shape index (κ2) is 7.94. The van der Waals surface area contributed by atoms with Gasteiger partial charge in [-0.3, -0.25) is 15.1 Å². The fraction of sp³-hybridized carbons (Fsp3) is 0.588. The minimum Gasteiger partial charge on any atom is -0.354 e. The van der Waals surface area contributed by atoms with E-state index in [-0.39, 0.29) is 10.6 Å². The predicted molar refractivity (Wildman–Crippen MR) is 92.4 cm³/mol. The summed E-state index contributed by atoms with van der Waals surface area (Å²) < 4.78 is 0. The summed E-state index contributed by atoms with van der Waals surface area (Å²) in [4.78, 5) is 14.7. The van der Waals surface area contributed by atoms with Crippen molar-refractivity contribution in [3.63, 3.8) is 0 Å². The Bertz CT molecular complexity index is 563. The third-order valence-corrected chi connectivity index (χ3v) is 4.32. The standard InChI is InChI=1S/C17H26N4O2/c1-12-7-13(2)9-15(8-12)20-17(18-3)19-11-14-5-4-6-16(10-14)21(22)23/h4-6,10,12-13,15H,7-9,11H2,1-3H3,(H2,18,19,20). The molecule has 2 unspecified atom stereocenters. The molecule has 0 aromatic heterocycles. The number of guanidine groups is 1. The first-order valence-electron chi connectivity index (χ1n) is 8.18. The van der Waals surface area contributed by atoms with Gasteiger partial charge in [0.15, 0.2) is 5.96 Å². The van der Waals surface area contributed by atoms with Gasteiger partial charge >= 0.3 is 0 Å². The van der Waals surface area contributed by atoms with Gasteiger partial charge in [-0.1, -0.05) is 26.0 Å². The first-order chi connectivity index (χ1) is 11.0. The molecule has 0 aliphatic heterocycles. The predicted octanol–water partition coefficient (Wildman–Crippen LogP) is 3.08. The molecule has 1 fully saturated rings. The number of hydrogen-bond acceptors (Lipinski definition) is 3. The Balaban J connectivity index is 1.90. The first-order valence-corrected chi connectivity index (χ1v) is 8.18. The fourth-order valence-corrected chi connectivity index (χ4v) is 3.42. The number of nitrogens with zero attached hydrogens (tertiary/aromatic N) is 2. The number of hydrogen-bond donors (Lipinski definition) is 2. The largest absolute Gasteiger partial charge is 0.354 e. The van der Waals surface area contributed by atoms with E-state index in [0.717, 1.165) is 36.2 Å². The van der Waals surface area contributed by atoms with E-state index in [4.69, 9.17) is 0 Å². The van der Waals surface area contributed by atoms with Crippen LogP contribution >= 0.6 is 0 Å². The lowest BCUT2D eigenvalue weighted by molar-refractivity contribution is -0.384. The lowest BCUT2D eigenvalue weighted by atomic mass is 9.80. The second-order valence-corrected chi connectivity index (χ2v) is 6.61. The molecule has 1 aliphatic carbocycles. The molecule has 0 amide bonds. The van der Waals surface area contributed by atoms with E-state index in [1.54, 1.807) is 19.2 Å². The van der Waals surface area contributed by atoms with Crippen molar-refractivity contribution < 1.29 is 4.92 Å². The normalized spacial score (nSPS) is 25.0. The lowest BCUT2D eigenvalue weighted by Crippen LogP contribution is -2.45. The highest BCUT2D eigenvalue weighted by molar-refractivity contribution is 5.80. The third kappa shape index (κ3) is 5.23. The van der Waals surface area contributed by atoms with E-state index in [1.165, 1.54) is 12.5 Å². The lowest BCUT2D eigenvalue weighted by Gasteiger charge is -2.32. The van der Waals surface area contributed by atoms with Gasteiger partial charge in [0.25, 0.3) is 5.69 Å². The minimum atomic E-state index is -0.374. The number of rotatable bonds is 4. The van der Waals surface area contributed by atoms with Gasteiger partial charge in [0.1, 0.15) is 0 Å². The molecular formula is C17H26N4O2. The first kappa shape index (κ1) is 17.2. The van der Waals surface area contributed by atoms with Gasteiger partial charge in [-0.05, 0) is 36.7 Å². The maximum atomic E-state index is 10.8. The maximum absolute atomic E-state index is 10.8. The van der Waals surface area contributed by atoms with Crippen molar-refractivity contribution in [3.8, 4) is 0 Å². The topological polar surface area (TPSA) is 79.6 Å². The smallest absolute Gasteiger partial charge is 0.269 e. The van der Waals surface area contributed by atoms with E-state index >= 15 is 0 Å². The number of benzene rings is 1. The second-order valence-electron chi connectivity index (χ2n) is 6.61. The Morgan fingerprint density at radius 2 is 2.00 bits per heavy atom. The average Bonchev–Trinajstić information content (AvgIpc) is 2.50. The zero-order valence-electron chi connectivity index (χ0n) is 14.1. The van der Waals surface area contributed by atoms with Gasteiger partial charge in [-0.15, -0.1) is 0 Å². The van der Waals surface area contributed by atoms with Gasteiger partial charge in [-0.2, -0.15) is 0 Å². The van der Waals surface area contributed by atoms with Crippen LogP contribution in [0.5, 0.6) is 0 Å². The van der Waals surface area contributed by atoms with Crippen LogP contribution in [0.2, 0.25) is 0 Å². The van der Waals surface area contributed by atoms with Gasteiger partial charge in [0.2, 0.25) is 0 Å². The van der Waals surface area contributed by atoms with Gasteiger partial charge in [0.05, 0.1) is 4.92 Å². The van der Waals surface area contributed by atoms with E-state index in [1.807, 2.05) is 6.07 Å². The van der Waals surface area contributed by atoms with Crippen LogP contribution in [0.4, 0.5) is 5.69 Å². The molecule has 1 aromatic carbocycles. The molecule has 2 N–H and O–H groups in total. The van der Waals surface area contributed by atoms with Crippen LogP contribution in [-0.4, -0.2) is 24.0 Å². The van der Waals surface area contributed by atoms with Crippen molar-refractivity contribution in [2.24, 2.45) is 16.8 Å². The number of nitro groups is 1. The Hall–Kier alpha value is -2.11. The molecule has 0 bridgehead atoms. The number of nitro benzene ring substituents is 1. The van der Waals surface area contributed by atoms with Crippen molar-refractivity contribution in [1.29, 1.82) is 0 Å². The number of non-ortho nitro benzene ring substituents is 1. The number of aliphatic imine (C=N–C) groups is 1. The highest BCUT2D eigenvalue weighted by Crippen LogP contribution is 2.28. The highest BCUT2D eigenvalue weighted by atomic mass is 16.6. The molecule has 0 radical (unpaired) electrons. The zero-order valence-corrected chi connectivity index (χ0v) is 14.1. The average molecular weight is 318 g/mol. The number of nitrogens with one attached hydrogen (secondary N) is 2. The van der Waals surface area contributed by atoms with Crippen LogP contribution in [0.1, 0.15) is 38.7 Å².